The summed E-state index contributed by atoms with van der Waals surface area (Å²) in [4.78, 5) is 0. The average molecular weight is 341 g/mol. The lowest BCUT2D eigenvalue weighted by Crippen LogP contribution is -2.24. The van der Waals surface area contributed by atoms with Crippen LogP contribution in [0.15, 0.2) is 0 Å². The van der Waals surface area contributed by atoms with Crippen LogP contribution in [0.4, 0.5) is 0 Å². The Hall–Kier alpha value is 0.280. The van der Waals surface area contributed by atoms with Crippen LogP contribution >= 0.6 is 15.9 Å². The second kappa shape index (κ2) is 13.3. The summed E-state index contributed by atoms with van der Waals surface area (Å²) in [5, 5.41) is 0.862. The minimum Gasteiger partial charge on any atom is -0.378 e. The van der Waals surface area contributed by atoms with E-state index in [1.165, 1.54) is 6.42 Å². The standard InChI is InChI=1S/C13H25BrO5/c14-4-6-15-7-8-16-9-10-17-11-12-19-13-3-1-2-5-18-13/h13H,1-12H2. The molecule has 0 radical (unpaired) electrons. The maximum atomic E-state index is 5.54. The highest BCUT2D eigenvalue weighted by Gasteiger charge is 2.13. The van der Waals surface area contributed by atoms with Crippen molar-refractivity contribution in [3.63, 3.8) is 0 Å². The lowest BCUT2D eigenvalue weighted by atomic mass is 10.2. The Morgan fingerprint density at radius 3 is 2.05 bits per heavy atom. The maximum Gasteiger partial charge on any atom is 0.157 e. The Bertz CT molecular complexity index is 188. The van der Waals surface area contributed by atoms with Crippen LogP contribution in [0.25, 0.3) is 0 Å². The third-order valence-electron chi connectivity index (χ3n) is 2.63. The summed E-state index contributed by atoms with van der Waals surface area (Å²) in [6.07, 6.45) is 3.31. The molecule has 1 heterocycles. The van der Waals surface area contributed by atoms with Crippen molar-refractivity contribution in [1.82, 2.24) is 0 Å². The van der Waals surface area contributed by atoms with Gasteiger partial charge in [-0.3, -0.25) is 0 Å². The molecular formula is C13H25BrO5. The van der Waals surface area contributed by atoms with Crippen molar-refractivity contribution in [2.24, 2.45) is 0 Å². The molecule has 0 N–H and O–H groups in total. The fourth-order valence-corrected chi connectivity index (χ4v) is 1.91. The van der Waals surface area contributed by atoms with Gasteiger partial charge in [-0.15, -0.1) is 0 Å². The Balaban J connectivity index is 1.71. The van der Waals surface area contributed by atoms with Crippen LogP contribution < -0.4 is 0 Å². The van der Waals surface area contributed by atoms with Gasteiger partial charge >= 0.3 is 0 Å². The molecule has 19 heavy (non-hydrogen) atoms. The molecule has 6 heteroatoms. The third-order valence-corrected chi connectivity index (χ3v) is 2.96. The molecule has 0 bridgehead atoms. The largest absolute Gasteiger partial charge is 0.378 e. The van der Waals surface area contributed by atoms with E-state index in [9.17, 15) is 0 Å². The van der Waals surface area contributed by atoms with Gasteiger partial charge < -0.3 is 23.7 Å². The molecule has 0 aromatic carbocycles. The summed E-state index contributed by atoms with van der Waals surface area (Å²) in [7, 11) is 0. The summed E-state index contributed by atoms with van der Waals surface area (Å²) < 4.78 is 27.0. The lowest BCUT2D eigenvalue weighted by Gasteiger charge is -2.22. The van der Waals surface area contributed by atoms with E-state index in [2.05, 4.69) is 15.9 Å². The molecule has 0 saturated carbocycles. The quantitative estimate of drug-likeness (QED) is 0.401. The summed E-state index contributed by atoms with van der Waals surface area (Å²) in [6, 6.07) is 0. The normalized spacial score (nSPS) is 19.7. The van der Waals surface area contributed by atoms with Crippen LogP contribution in [0.1, 0.15) is 19.3 Å². The van der Waals surface area contributed by atoms with Gasteiger partial charge in [0.05, 0.1) is 46.2 Å². The number of rotatable bonds is 12. The Labute approximate surface area is 124 Å². The first-order valence-electron chi connectivity index (χ1n) is 6.96. The van der Waals surface area contributed by atoms with E-state index < -0.39 is 0 Å². The predicted molar refractivity (Wildman–Crippen MR) is 75.8 cm³/mol. The second-order valence-corrected chi connectivity index (χ2v) is 4.99. The molecule has 0 aromatic heterocycles. The average Bonchev–Trinajstić information content (AvgIpc) is 2.46. The molecule has 1 atom stereocenters. The highest BCUT2D eigenvalue weighted by atomic mass is 79.9. The van der Waals surface area contributed by atoms with Crippen molar-refractivity contribution in [1.29, 1.82) is 0 Å². The molecule has 1 unspecified atom stereocenters. The highest BCUT2D eigenvalue weighted by molar-refractivity contribution is 9.09. The minimum absolute atomic E-state index is 0.0276. The minimum atomic E-state index is -0.0276. The van der Waals surface area contributed by atoms with E-state index in [0.29, 0.717) is 39.6 Å². The predicted octanol–water partition coefficient (Wildman–Crippen LogP) is 1.97. The Morgan fingerprint density at radius 1 is 0.842 bits per heavy atom. The van der Waals surface area contributed by atoms with Crippen LogP contribution in [0.2, 0.25) is 0 Å². The molecule has 5 nitrogen and oxygen atoms in total. The van der Waals surface area contributed by atoms with Crippen LogP contribution in [0.5, 0.6) is 0 Å². The molecular weight excluding hydrogens is 316 g/mol. The SMILES string of the molecule is BrCCOCCOCCOCCOC1CCCCO1. The zero-order valence-electron chi connectivity index (χ0n) is 11.5. The number of hydrogen-bond donors (Lipinski definition) is 0. The van der Waals surface area contributed by atoms with E-state index >= 15 is 0 Å². The third kappa shape index (κ3) is 10.7. The summed E-state index contributed by atoms with van der Waals surface area (Å²) in [6.45, 7) is 5.14. The second-order valence-electron chi connectivity index (χ2n) is 4.19. The molecule has 1 rings (SSSR count). The van der Waals surface area contributed by atoms with E-state index in [4.69, 9.17) is 23.7 Å². The van der Waals surface area contributed by atoms with Gasteiger partial charge in [-0.25, -0.2) is 0 Å². The monoisotopic (exact) mass is 340 g/mol. The topological polar surface area (TPSA) is 46.2 Å². The molecule has 1 aliphatic heterocycles. The highest BCUT2D eigenvalue weighted by Crippen LogP contribution is 2.13. The van der Waals surface area contributed by atoms with Crippen LogP contribution in [0.3, 0.4) is 0 Å². The number of hydrogen-bond acceptors (Lipinski definition) is 5. The first-order valence-corrected chi connectivity index (χ1v) is 8.08. The molecule has 0 amide bonds. The van der Waals surface area contributed by atoms with Gasteiger partial charge in [0.25, 0.3) is 0 Å². The van der Waals surface area contributed by atoms with Gasteiger partial charge in [0.1, 0.15) is 0 Å². The van der Waals surface area contributed by atoms with Crippen LogP contribution in [0, 0.1) is 0 Å². The van der Waals surface area contributed by atoms with Gasteiger partial charge in [0.15, 0.2) is 6.29 Å². The van der Waals surface area contributed by atoms with Crippen LogP contribution in [-0.2, 0) is 23.7 Å². The van der Waals surface area contributed by atoms with Crippen molar-refractivity contribution in [2.75, 3.05) is 58.2 Å². The Morgan fingerprint density at radius 2 is 1.47 bits per heavy atom. The molecule has 0 aromatic rings. The van der Waals surface area contributed by atoms with Crippen LogP contribution in [-0.4, -0.2) is 64.5 Å². The zero-order valence-corrected chi connectivity index (χ0v) is 13.1. The van der Waals surface area contributed by atoms with Gasteiger partial charge in [-0.2, -0.15) is 0 Å². The van der Waals surface area contributed by atoms with E-state index in [-0.39, 0.29) is 6.29 Å². The van der Waals surface area contributed by atoms with Crippen molar-refractivity contribution < 1.29 is 23.7 Å². The van der Waals surface area contributed by atoms with Gasteiger partial charge in [-0.05, 0) is 19.3 Å². The van der Waals surface area contributed by atoms with E-state index in [1.807, 2.05) is 0 Å². The smallest absolute Gasteiger partial charge is 0.157 e. The number of alkyl halides is 1. The van der Waals surface area contributed by atoms with Crippen molar-refractivity contribution in [3.8, 4) is 0 Å². The summed E-state index contributed by atoms with van der Waals surface area (Å²) in [5.74, 6) is 0. The zero-order chi connectivity index (χ0) is 13.6. The Kier molecular flexibility index (Phi) is 12.1. The summed E-state index contributed by atoms with van der Waals surface area (Å²) in [5.41, 5.74) is 0. The number of ether oxygens (including phenoxy) is 5. The molecule has 1 aliphatic rings. The van der Waals surface area contributed by atoms with Crippen molar-refractivity contribution in [2.45, 2.75) is 25.6 Å². The fraction of sp³-hybridized carbons (Fsp3) is 1.00. The van der Waals surface area contributed by atoms with Crippen molar-refractivity contribution in [3.05, 3.63) is 0 Å². The van der Waals surface area contributed by atoms with Crippen molar-refractivity contribution >= 4 is 15.9 Å². The molecule has 114 valence electrons. The van der Waals surface area contributed by atoms with E-state index in [1.54, 1.807) is 0 Å². The maximum absolute atomic E-state index is 5.54. The first-order chi connectivity index (χ1) is 9.43. The lowest BCUT2D eigenvalue weighted by molar-refractivity contribution is -0.169. The molecule has 1 fully saturated rings. The molecule has 1 saturated heterocycles. The van der Waals surface area contributed by atoms with E-state index in [0.717, 1.165) is 31.4 Å². The van der Waals surface area contributed by atoms with Gasteiger partial charge in [-0.1, -0.05) is 15.9 Å². The molecule has 0 spiro atoms. The molecule has 0 aliphatic carbocycles. The fourth-order valence-electron chi connectivity index (χ4n) is 1.68. The van der Waals surface area contributed by atoms with Gasteiger partial charge in [0.2, 0.25) is 0 Å². The van der Waals surface area contributed by atoms with Gasteiger partial charge in [0, 0.05) is 11.9 Å². The number of halogens is 1. The summed E-state index contributed by atoms with van der Waals surface area (Å²) >= 11 is 3.29. The first kappa shape index (κ1) is 17.3.